The molecule has 1 N–H and O–H groups in total. The molecular weight excluding hydrogens is 446 g/mol. The minimum Gasteiger partial charge on any atom is -0.491 e. The number of nitrogens with zero attached hydrogens (tertiary/aromatic N) is 2. The number of thiophene rings is 1. The van der Waals surface area contributed by atoms with Gasteiger partial charge in [0.1, 0.15) is 18.9 Å². The Morgan fingerprint density at radius 2 is 1.94 bits per heavy atom. The Kier molecular flexibility index (Phi) is 7.65. The van der Waals surface area contributed by atoms with Gasteiger partial charge >= 0.3 is 6.03 Å². The van der Waals surface area contributed by atoms with E-state index in [1.54, 1.807) is 17.4 Å². The number of benzene rings is 2. The van der Waals surface area contributed by atoms with E-state index in [0.717, 1.165) is 23.3 Å². The summed E-state index contributed by atoms with van der Waals surface area (Å²) in [4.78, 5) is 31.0. The number of hydrogen-bond acceptors (Lipinski definition) is 4. The van der Waals surface area contributed by atoms with Crippen LogP contribution in [0.1, 0.15) is 22.0 Å². The second-order valence-corrected chi connectivity index (χ2v) is 9.24. The molecule has 0 radical (unpaired) electrons. The number of urea groups is 1. The van der Waals surface area contributed by atoms with Gasteiger partial charge in [-0.2, -0.15) is 0 Å². The van der Waals surface area contributed by atoms with Crippen LogP contribution in [0.3, 0.4) is 0 Å². The Morgan fingerprint density at radius 1 is 1.18 bits per heavy atom. The summed E-state index contributed by atoms with van der Waals surface area (Å²) in [5.74, 6) is 0.655. The first kappa shape index (κ1) is 23.6. The van der Waals surface area contributed by atoms with Crippen LogP contribution in [0, 0.1) is 6.92 Å². The van der Waals surface area contributed by atoms with Crippen molar-refractivity contribution < 1.29 is 14.3 Å². The van der Waals surface area contributed by atoms with Crippen LogP contribution in [0.5, 0.6) is 5.75 Å². The molecule has 0 fully saturated rings. The summed E-state index contributed by atoms with van der Waals surface area (Å²) in [7, 11) is 0. The SMILES string of the molecule is C=CCN(CC(=O)N1CCc2sccc2C1COc1ccccc1)C(=O)Nc1ccc(C)cc1. The highest BCUT2D eigenvalue weighted by molar-refractivity contribution is 7.10. The Labute approximate surface area is 204 Å². The molecule has 2 aromatic carbocycles. The number of fused-ring (bicyclic) bond motifs is 1. The van der Waals surface area contributed by atoms with Gasteiger partial charge in [-0.05, 0) is 54.6 Å². The average molecular weight is 476 g/mol. The summed E-state index contributed by atoms with van der Waals surface area (Å²) in [6, 6.07) is 18.7. The second kappa shape index (κ2) is 11.0. The lowest BCUT2D eigenvalue weighted by molar-refractivity contribution is -0.135. The maximum absolute atomic E-state index is 13.5. The first-order chi connectivity index (χ1) is 16.5. The van der Waals surface area contributed by atoms with Gasteiger partial charge in [-0.25, -0.2) is 4.79 Å². The van der Waals surface area contributed by atoms with Gasteiger partial charge in [0, 0.05) is 23.7 Å². The van der Waals surface area contributed by atoms with Gasteiger partial charge in [0.25, 0.3) is 0 Å². The summed E-state index contributed by atoms with van der Waals surface area (Å²) in [6.07, 6.45) is 2.43. The highest BCUT2D eigenvalue weighted by Crippen LogP contribution is 2.34. The molecule has 1 aliphatic heterocycles. The van der Waals surface area contributed by atoms with Crippen LogP contribution in [-0.4, -0.2) is 48.0 Å². The molecule has 1 aliphatic rings. The summed E-state index contributed by atoms with van der Waals surface area (Å²) >= 11 is 1.71. The highest BCUT2D eigenvalue weighted by Gasteiger charge is 2.33. The Bertz CT molecular complexity index is 1130. The van der Waals surface area contributed by atoms with Crippen molar-refractivity contribution in [2.24, 2.45) is 0 Å². The number of aryl methyl sites for hydroxylation is 1. The fourth-order valence-electron chi connectivity index (χ4n) is 4.04. The molecule has 0 aliphatic carbocycles. The molecule has 3 amide bonds. The van der Waals surface area contributed by atoms with Gasteiger partial charge in [0.2, 0.25) is 5.91 Å². The van der Waals surface area contributed by atoms with Crippen LogP contribution in [-0.2, 0) is 11.2 Å². The van der Waals surface area contributed by atoms with Crippen molar-refractivity contribution in [3.05, 3.63) is 94.7 Å². The molecule has 176 valence electrons. The third-order valence-electron chi connectivity index (χ3n) is 5.83. The number of para-hydroxylation sites is 1. The number of ether oxygens (including phenoxy) is 1. The molecule has 3 aromatic rings. The van der Waals surface area contributed by atoms with Crippen molar-refractivity contribution in [2.45, 2.75) is 19.4 Å². The maximum Gasteiger partial charge on any atom is 0.322 e. The Balaban J connectivity index is 1.47. The molecule has 0 bridgehead atoms. The number of amides is 3. The highest BCUT2D eigenvalue weighted by atomic mass is 32.1. The molecule has 34 heavy (non-hydrogen) atoms. The predicted molar refractivity (Wildman–Crippen MR) is 136 cm³/mol. The Morgan fingerprint density at radius 3 is 2.68 bits per heavy atom. The van der Waals surface area contributed by atoms with E-state index >= 15 is 0 Å². The fourth-order valence-corrected chi connectivity index (χ4v) is 4.96. The molecule has 1 atom stereocenters. The molecule has 7 heteroatoms. The van der Waals surface area contributed by atoms with Crippen LogP contribution in [0.2, 0.25) is 0 Å². The smallest absolute Gasteiger partial charge is 0.322 e. The van der Waals surface area contributed by atoms with E-state index < -0.39 is 0 Å². The first-order valence-electron chi connectivity index (χ1n) is 11.3. The molecule has 4 rings (SSSR count). The van der Waals surface area contributed by atoms with Crippen LogP contribution in [0.4, 0.5) is 10.5 Å². The Hall–Kier alpha value is -3.58. The fraction of sp³-hybridized carbons (Fsp3) is 0.259. The van der Waals surface area contributed by atoms with Gasteiger partial charge < -0.3 is 19.9 Å². The summed E-state index contributed by atoms with van der Waals surface area (Å²) < 4.78 is 6.04. The minimum atomic E-state index is -0.331. The van der Waals surface area contributed by atoms with Crippen molar-refractivity contribution in [3.63, 3.8) is 0 Å². The molecule has 0 spiro atoms. The zero-order valence-electron chi connectivity index (χ0n) is 19.3. The third kappa shape index (κ3) is 5.66. The first-order valence-corrected chi connectivity index (χ1v) is 12.2. The van der Waals surface area contributed by atoms with Crippen LogP contribution in [0.15, 0.2) is 78.7 Å². The van der Waals surface area contributed by atoms with Gasteiger partial charge in [-0.1, -0.05) is 42.0 Å². The van der Waals surface area contributed by atoms with E-state index in [4.69, 9.17) is 4.74 Å². The van der Waals surface area contributed by atoms with E-state index in [1.807, 2.05) is 66.4 Å². The molecule has 6 nitrogen and oxygen atoms in total. The maximum atomic E-state index is 13.5. The summed E-state index contributed by atoms with van der Waals surface area (Å²) in [6.45, 7) is 6.93. The number of hydrogen-bond donors (Lipinski definition) is 1. The van der Waals surface area contributed by atoms with Gasteiger partial charge in [0.15, 0.2) is 0 Å². The topological polar surface area (TPSA) is 61.9 Å². The zero-order chi connectivity index (χ0) is 23.9. The normalized spacial score (nSPS) is 14.7. The van der Waals surface area contributed by atoms with Crippen LogP contribution in [0.25, 0.3) is 0 Å². The van der Waals surface area contributed by atoms with Crippen molar-refractivity contribution >= 4 is 29.0 Å². The number of carbonyl (C=O) groups excluding carboxylic acids is 2. The standard InChI is InChI=1S/C27H29N3O3S/c1-3-15-29(27(32)28-21-11-9-20(2)10-12-21)18-26(31)30-16-13-25-23(14-17-34-25)24(30)19-33-22-7-5-4-6-8-22/h3-12,14,17,24H,1,13,15-16,18-19H2,2H3,(H,28,32). The number of anilines is 1. The van der Waals surface area contributed by atoms with Gasteiger partial charge in [-0.3, -0.25) is 4.79 Å². The summed E-state index contributed by atoms with van der Waals surface area (Å²) in [5.41, 5.74) is 2.92. The molecule has 1 aromatic heterocycles. The van der Waals surface area contributed by atoms with E-state index in [2.05, 4.69) is 23.3 Å². The molecule has 0 saturated heterocycles. The van der Waals surface area contributed by atoms with Crippen molar-refractivity contribution in [3.8, 4) is 5.75 Å². The lowest BCUT2D eigenvalue weighted by Gasteiger charge is -2.37. The molecular formula is C27H29N3O3S. The lowest BCUT2D eigenvalue weighted by Crippen LogP contribution is -2.48. The average Bonchev–Trinajstić information content (AvgIpc) is 3.33. The lowest BCUT2D eigenvalue weighted by atomic mass is 10.0. The monoisotopic (exact) mass is 475 g/mol. The second-order valence-electron chi connectivity index (χ2n) is 8.24. The van der Waals surface area contributed by atoms with E-state index in [0.29, 0.717) is 18.8 Å². The molecule has 1 unspecified atom stereocenters. The van der Waals surface area contributed by atoms with Crippen molar-refractivity contribution in [1.82, 2.24) is 9.80 Å². The summed E-state index contributed by atoms with van der Waals surface area (Å²) in [5, 5.41) is 4.94. The molecule has 2 heterocycles. The van der Waals surface area contributed by atoms with Crippen LogP contribution >= 0.6 is 11.3 Å². The van der Waals surface area contributed by atoms with Gasteiger partial charge in [-0.15, -0.1) is 17.9 Å². The van der Waals surface area contributed by atoms with Crippen molar-refractivity contribution in [2.75, 3.05) is 31.6 Å². The third-order valence-corrected chi connectivity index (χ3v) is 6.83. The zero-order valence-corrected chi connectivity index (χ0v) is 20.1. The quantitative estimate of drug-likeness (QED) is 0.451. The van der Waals surface area contributed by atoms with Gasteiger partial charge in [0.05, 0.1) is 6.04 Å². The van der Waals surface area contributed by atoms with Crippen molar-refractivity contribution in [1.29, 1.82) is 0 Å². The number of carbonyl (C=O) groups is 2. The number of nitrogens with one attached hydrogen (secondary N) is 1. The van der Waals surface area contributed by atoms with E-state index in [1.165, 1.54) is 9.78 Å². The largest absolute Gasteiger partial charge is 0.491 e. The van der Waals surface area contributed by atoms with E-state index in [9.17, 15) is 9.59 Å². The van der Waals surface area contributed by atoms with E-state index in [-0.39, 0.29) is 31.1 Å². The minimum absolute atomic E-state index is 0.0367. The number of rotatable bonds is 8. The molecule has 0 saturated carbocycles. The van der Waals surface area contributed by atoms with Crippen LogP contribution < -0.4 is 10.1 Å². The predicted octanol–water partition coefficient (Wildman–Crippen LogP) is 5.28.